The first-order chi connectivity index (χ1) is 21.3. The van der Waals surface area contributed by atoms with E-state index < -0.39 is 11.4 Å². The Kier molecular flexibility index (Phi) is 9.87. The topological polar surface area (TPSA) is 79.7 Å². The average Bonchev–Trinajstić information content (AvgIpc) is 3.30. The number of likely N-dealkylation sites (tertiary alicyclic amines) is 1. The molecular formula is C36H50FN5O3. The van der Waals surface area contributed by atoms with Crippen LogP contribution in [0.3, 0.4) is 0 Å². The van der Waals surface area contributed by atoms with Gasteiger partial charge in [-0.1, -0.05) is 0 Å². The van der Waals surface area contributed by atoms with Gasteiger partial charge in [-0.25, -0.2) is 9.18 Å². The van der Waals surface area contributed by atoms with Crippen LogP contribution in [0.25, 0.3) is 16.6 Å². The molecule has 2 amide bonds. The van der Waals surface area contributed by atoms with Gasteiger partial charge in [0.15, 0.2) is 0 Å². The van der Waals surface area contributed by atoms with E-state index in [1.807, 2.05) is 71.5 Å². The summed E-state index contributed by atoms with van der Waals surface area (Å²) >= 11 is 0. The summed E-state index contributed by atoms with van der Waals surface area (Å²) in [5.74, 6) is 0.463. The SMILES string of the molecule is CC(C)N(C(=O)c1cc(F)ccc1-n1cc(C2CN(CCC3CCC(NC(=O)OC(C)(C)C)CC3)C2)c2ccncc21)C(C)C. The first-order valence-electron chi connectivity index (χ1n) is 16.6. The lowest BCUT2D eigenvalue weighted by molar-refractivity contribution is 0.0484. The number of nitrogens with zero attached hydrogens (tertiary/aromatic N) is 4. The van der Waals surface area contributed by atoms with Crippen LogP contribution in [0.1, 0.15) is 102 Å². The predicted molar refractivity (Wildman–Crippen MR) is 176 cm³/mol. The largest absolute Gasteiger partial charge is 0.444 e. The molecular weight excluding hydrogens is 569 g/mol. The second-order valence-electron chi connectivity index (χ2n) is 14.5. The molecule has 0 unspecified atom stereocenters. The van der Waals surface area contributed by atoms with Crippen molar-refractivity contribution in [3.63, 3.8) is 0 Å². The molecule has 2 aliphatic rings. The number of rotatable bonds is 9. The number of fused-ring (bicyclic) bond motifs is 1. The van der Waals surface area contributed by atoms with Crippen LogP contribution in [0.15, 0.2) is 42.9 Å². The summed E-state index contributed by atoms with van der Waals surface area (Å²) in [5.41, 5.74) is 2.71. The molecule has 3 heterocycles. The summed E-state index contributed by atoms with van der Waals surface area (Å²) in [4.78, 5) is 34.6. The fraction of sp³-hybridized carbons (Fsp3) is 0.583. The molecule has 8 nitrogen and oxygen atoms in total. The molecule has 0 atom stereocenters. The van der Waals surface area contributed by atoms with Crippen molar-refractivity contribution < 1.29 is 18.7 Å². The zero-order valence-corrected chi connectivity index (χ0v) is 28.0. The molecule has 0 spiro atoms. The number of hydrogen-bond donors (Lipinski definition) is 1. The molecule has 1 saturated carbocycles. The molecule has 0 bridgehead atoms. The smallest absolute Gasteiger partial charge is 0.407 e. The summed E-state index contributed by atoms with van der Waals surface area (Å²) in [6.07, 6.45) is 10.9. The third kappa shape index (κ3) is 7.68. The van der Waals surface area contributed by atoms with Crippen LogP contribution in [0, 0.1) is 11.7 Å². The summed E-state index contributed by atoms with van der Waals surface area (Å²) < 4.78 is 22.0. The molecule has 1 aliphatic carbocycles. The van der Waals surface area contributed by atoms with Gasteiger partial charge >= 0.3 is 6.09 Å². The Morgan fingerprint density at radius 1 is 1.07 bits per heavy atom. The normalized spacial score (nSPS) is 19.6. The highest BCUT2D eigenvalue weighted by molar-refractivity contribution is 5.99. The molecule has 1 aliphatic heterocycles. The maximum Gasteiger partial charge on any atom is 0.407 e. The Morgan fingerprint density at radius 3 is 2.40 bits per heavy atom. The lowest BCUT2D eigenvalue weighted by Gasteiger charge is -2.40. The minimum atomic E-state index is -0.478. The molecule has 5 rings (SSSR count). The third-order valence-corrected chi connectivity index (χ3v) is 9.25. The van der Waals surface area contributed by atoms with E-state index in [0.717, 1.165) is 56.2 Å². The van der Waals surface area contributed by atoms with Gasteiger partial charge in [-0.2, -0.15) is 0 Å². The Labute approximate surface area is 267 Å². The minimum Gasteiger partial charge on any atom is -0.444 e. The minimum absolute atomic E-state index is 0.0165. The second kappa shape index (κ2) is 13.5. The van der Waals surface area contributed by atoms with Gasteiger partial charge in [0.2, 0.25) is 0 Å². The van der Waals surface area contributed by atoms with Crippen molar-refractivity contribution in [1.82, 2.24) is 24.7 Å². The van der Waals surface area contributed by atoms with E-state index in [1.165, 1.54) is 24.1 Å². The van der Waals surface area contributed by atoms with E-state index in [4.69, 9.17) is 4.74 Å². The van der Waals surface area contributed by atoms with Gasteiger partial charge in [-0.05, 0) is 123 Å². The number of amides is 2. The van der Waals surface area contributed by atoms with Crippen molar-refractivity contribution in [2.75, 3.05) is 19.6 Å². The maximum absolute atomic E-state index is 14.6. The lowest BCUT2D eigenvalue weighted by atomic mass is 9.83. The number of halogens is 1. The van der Waals surface area contributed by atoms with Gasteiger partial charge in [-0.15, -0.1) is 0 Å². The second-order valence-corrected chi connectivity index (χ2v) is 14.5. The van der Waals surface area contributed by atoms with Crippen LogP contribution in [-0.2, 0) is 4.74 Å². The van der Waals surface area contributed by atoms with Gasteiger partial charge in [0.05, 0.1) is 23.0 Å². The molecule has 0 radical (unpaired) electrons. The predicted octanol–water partition coefficient (Wildman–Crippen LogP) is 7.30. The molecule has 2 fully saturated rings. The Morgan fingerprint density at radius 2 is 1.76 bits per heavy atom. The van der Waals surface area contributed by atoms with Crippen LogP contribution < -0.4 is 5.32 Å². The average molecular weight is 620 g/mol. The lowest BCUT2D eigenvalue weighted by Crippen LogP contribution is -2.46. The molecule has 1 saturated heterocycles. The molecule has 1 N–H and O–H groups in total. The van der Waals surface area contributed by atoms with Gasteiger partial charge in [-0.3, -0.25) is 9.78 Å². The van der Waals surface area contributed by atoms with E-state index >= 15 is 0 Å². The number of nitrogens with one attached hydrogen (secondary N) is 1. The summed E-state index contributed by atoms with van der Waals surface area (Å²) in [5, 5.41) is 4.17. The zero-order chi connectivity index (χ0) is 32.5. The number of hydrogen-bond acceptors (Lipinski definition) is 5. The highest BCUT2D eigenvalue weighted by Gasteiger charge is 2.33. The Hall–Kier alpha value is -3.46. The standard InChI is InChI=1S/C36H50FN5O3/c1-23(2)42(24(3)4)34(43)30-18-27(37)10-13-32(30)41-22-31(29-14-16-38-19-33(29)41)26-20-40(21-26)17-15-25-8-11-28(12-9-25)39-35(44)45-36(5,6)7/h10,13-14,16,18-19,22-26,28H,8-9,11-12,15,17,20-21H2,1-7H3,(H,39,44). The molecule has 9 heteroatoms. The van der Waals surface area contributed by atoms with E-state index in [-0.39, 0.29) is 30.1 Å². The fourth-order valence-electron chi connectivity index (χ4n) is 7.10. The zero-order valence-electron chi connectivity index (χ0n) is 28.0. The number of benzene rings is 1. The quantitative estimate of drug-likeness (QED) is 0.272. The Bertz CT molecular complexity index is 1490. The van der Waals surface area contributed by atoms with Gasteiger partial charge in [0, 0.05) is 54.9 Å². The first-order valence-corrected chi connectivity index (χ1v) is 16.6. The summed E-state index contributed by atoms with van der Waals surface area (Å²) in [6, 6.07) is 6.72. The molecule has 244 valence electrons. The van der Waals surface area contributed by atoms with E-state index in [9.17, 15) is 14.0 Å². The number of carbonyl (C=O) groups excluding carboxylic acids is 2. The van der Waals surface area contributed by atoms with E-state index in [2.05, 4.69) is 21.4 Å². The first kappa shape index (κ1) is 32.9. The monoisotopic (exact) mass is 619 g/mol. The van der Waals surface area contributed by atoms with E-state index in [0.29, 0.717) is 23.1 Å². The molecule has 45 heavy (non-hydrogen) atoms. The van der Waals surface area contributed by atoms with Crippen molar-refractivity contribution in [2.24, 2.45) is 5.92 Å². The molecule has 3 aromatic rings. The highest BCUT2D eigenvalue weighted by Crippen LogP contribution is 2.37. The summed E-state index contributed by atoms with van der Waals surface area (Å²) in [7, 11) is 0. The number of ether oxygens (including phenoxy) is 1. The number of carbonyl (C=O) groups is 2. The third-order valence-electron chi connectivity index (χ3n) is 9.25. The van der Waals surface area contributed by atoms with Crippen molar-refractivity contribution in [3.05, 3.63) is 59.8 Å². The van der Waals surface area contributed by atoms with Crippen LogP contribution in [0.2, 0.25) is 0 Å². The Balaban J connectivity index is 1.23. The van der Waals surface area contributed by atoms with Crippen LogP contribution in [0.5, 0.6) is 0 Å². The molecule has 2 aromatic heterocycles. The van der Waals surface area contributed by atoms with Crippen molar-refractivity contribution >= 4 is 22.9 Å². The van der Waals surface area contributed by atoms with Crippen LogP contribution >= 0.6 is 0 Å². The van der Waals surface area contributed by atoms with Crippen molar-refractivity contribution in [2.45, 2.75) is 110 Å². The molecule has 1 aromatic carbocycles. The van der Waals surface area contributed by atoms with E-state index in [1.54, 1.807) is 11.0 Å². The van der Waals surface area contributed by atoms with Crippen molar-refractivity contribution in [1.29, 1.82) is 0 Å². The van der Waals surface area contributed by atoms with Gasteiger partial charge < -0.3 is 24.4 Å². The summed E-state index contributed by atoms with van der Waals surface area (Å²) in [6.45, 7) is 16.7. The van der Waals surface area contributed by atoms with Gasteiger partial charge in [0.1, 0.15) is 11.4 Å². The van der Waals surface area contributed by atoms with Crippen LogP contribution in [-0.4, -0.2) is 74.7 Å². The number of aromatic nitrogens is 2. The highest BCUT2D eigenvalue weighted by atomic mass is 19.1. The number of alkyl carbamates (subject to hydrolysis) is 1. The number of pyridine rings is 1. The van der Waals surface area contributed by atoms with Crippen LogP contribution in [0.4, 0.5) is 9.18 Å². The fourth-order valence-corrected chi connectivity index (χ4v) is 7.10. The maximum atomic E-state index is 14.6. The van der Waals surface area contributed by atoms with Gasteiger partial charge in [0.25, 0.3) is 5.91 Å². The van der Waals surface area contributed by atoms with Crippen molar-refractivity contribution in [3.8, 4) is 5.69 Å².